The van der Waals surface area contributed by atoms with Gasteiger partial charge in [0.05, 0.1) is 5.56 Å². The van der Waals surface area contributed by atoms with Gasteiger partial charge < -0.3 is 20.3 Å². The summed E-state index contributed by atoms with van der Waals surface area (Å²) in [5.74, 6) is 0.0190. The van der Waals surface area contributed by atoms with Gasteiger partial charge in [-0.1, -0.05) is 25.0 Å². The smallest absolute Gasteiger partial charge is 0.338 e. The number of esters is 1. The molecular weight excluding hydrogens is 382 g/mol. The summed E-state index contributed by atoms with van der Waals surface area (Å²) < 4.78 is 5.29. The number of ether oxygens (including phenoxy) is 1. The number of nitrogens with one attached hydrogen (secondary N) is 2. The van der Waals surface area contributed by atoms with Crippen LogP contribution in [-0.4, -0.2) is 48.0 Å². The van der Waals surface area contributed by atoms with Crippen LogP contribution in [0.15, 0.2) is 24.3 Å². The van der Waals surface area contributed by atoms with Crippen LogP contribution in [0.2, 0.25) is 0 Å². The molecule has 1 aromatic rings. The molecule has 164 valence electrons. The first-order chi connectivity index (χ1) is 14.4. The van der Waals surface area contributed by atoms with Crippen molar-refractivity contribution in [2.45, 2.75) is 71.0 Å². The van der Waals surface area contributed by atoms with Crippen molar-refractivity contribution in [1.29, 1.82) is 0 Å². The minimum Gasteiger partial charge on any atom is -0.452 e. The molecule has 7 nitrogen and oxygen atoms in total. The molecule has 0 spiro atoms. The Morgan fingerprint density at radius 1 is 1.07 bits per heavy atom. The highest BCUT2D eigenvalue weighted by atomic mass is 16.5. The van der Waals surface area contributed by atoms with Crippen LogP contribution in [0.1, 0.15) is 68.3 Å². The quantitative estimate of drug-likeness (QED) is 0.699. The van der Waals surface area contributed by atoms with Crippen LogP contribution in [0.25, 0.3) is 0 Å². The SMILES string of the molecule is CC(C)NC(=O)NCc1ccc(C(=O)OCC(=O)N2CCC[C@@H]3CCCC[C@@H]32)cc1. The number of hydrogen-bond acceptors (Lipinski definition) is 4. The number of carbonyl (C=O) groups excluding carboxylic acids is 3. The number of hydrogen-bond donors (Lipinski definition) is 2. The van der Waals surface area contributed by atoms with Gasteiger partial charge in [0, 0.05) is 25.2 Å². The van der Waals surface area contributed by atoms with E-state index in [-0.39, 0.29) is 24.6 Å². The lowest BCUT2D eigenvalue weighted by Crippen LogP contribution is -2.50. The zero-order valence-electron chi connectivity index (χ0n) is 18.0. The molecule has 1 saturated carbocycles. The molecule has 30 heavy (non-hydrogen) atoms. The number of amides is 3. The van der Waals surface area contributed by atoms with Crippen molar-refractivity contribution in [2.75, 3.05) is 13.2 Å². The van der Waals surface area contributed by atoms with Gasteiger partial charge in [0.25, 0.3) is 5.91 Å². The highest BCUT2D eigenvalue weighted by Gasteiger charge is 2.35. The summed E-state index contributed by atoms with van der Waals surface area (Å²) in [7, 11) is 0. The molecule has 1 saturated heterocycles. The maximum atomic E-state index is 12.7. The van der Waals surface area contributed by atoms with Crippen molar-refractivity contribution in [3.63, 3.8) is 0 Å². The third-order valence-corrected chi connectivity index (χ3v) is 5.95. The molecule has 3 amide bonds. The van der Waals surface area contributed by atoms with E-state index in [1.807, 2.05) is 18.7 Å². The van der Waals surface area contributed by atoms with E-state index in [0.717, 1.165) is 24.9 Å². The molecule has 1 heterocycles. The van der Waals surface area contributed by atoms with Crippen LogP contribution in [-0.2, 0) is 16.1 Å². The predicted octanol–water partition coefficient (Wildman–Crippen LogP) is 3.23. The second kappa shape index (κ2) is 10.5. The Balaban J connectivity index is 1.46. The van der Waals surface area contributed by atoms with Gasteiger partial charge in [-0.2, -0.15) is 0 Å². The molecule has 7 heteroatoms. The molecule has 0 aromatic heterocycles. The number of fused-ring (bicyclic) bond motifs is 1. The van der Waals surface area contributed by atoms with Gasteiger partial charge in [-0.3, -0.25) is 4.79 Å². The van der Waals surface area contributed by atoms with Crippen molar-refractivity contribution in [1.82, 2.24) is 15.5 Å². The summed E-state index contributed by atoms with van der Waals surface area (Å²) in [4.78, 5) is 38.6. The Hall–Kier alpha value is -2.57. The van der Waals surface area contributed by atoms with Crippen LogP contribution >= 0.6 is 0 Å². The fraction of sp³-hybridized carbons (Fsp3) is 0.609. The van der Waals surface area contributed by atoms with Crippen LogP contribution in [0.3, 0.4) is 0 Å². The van der Waals surface area contributed by atoms with Crippen LogP contribution in [0.4, 0.5) is 4.79 Å². The molecule has 2 N–H and O–H groups in total. The first-order valence-corrected chi connectivity index (χ1v) is 11.0. The van der Waals surface area contributed by atoms with E-state index < -0.39 is 5.97 Å². The molecule has 2 atom stereocenters. The van der Waals surface area contributed by atoms with Crippen LogP contribution < -0.4 is 10.6 Å². The fourth-order valence-electron chi connectivity index (χ4n) is 4.48. The second-order valence-electron chi connectivity index (χ2n) is 8.60. The number of benzene rings is 1. The number of carbonyl (C=O) groups is 3. The predicted molar refractivity (Wildman–Crippen MR) is 114 cm³/mol. The molecule has 0 unspecified atom stereocenters. The minimum atomic E-state index is -0.502. The molecule has 0 bridgehead atoms. The highest BCUT2D eigenvalue weighted by molar-refractivity contribution is 5.91. The monoisotopic (exact) mass is 415 g/mol. The third kappa shape index (κ3) is 5.97. The lowest BCUT2D eigenvalue weighted by molar-refractivity contribution is -0.140. The summed E-state index contributed by atoms with van der Waals surface area (Å²) in [5, 5.41) is 5.52. The maximum absolute atomic E-state index is 12.7. The van der Waals surface area contributed by atoms with Gasteiger partial charge in [0.2, 0.25) is 0 Å². The molecule has 1 aromatic carbocycles. The summed E-state index contributed by atoms with van der Waals surface area (Å²) in [6.07, 6.45) is 6.93. The Bertz CT molecular complexity index is 745. The summed E-state index contributed by atoms with van der Waals surface area (Å²) in [5.41, 5.74) is 1.27. The topological polar surface area (TPSA) is 87.7 Å². The lowest BCUT2D eigenvalue weighted by Gasteiger charge is -2.44. The first kappa shape index (κ1) is 22.1. The van der Waals surface area contributed by atoms with Gasteiger partial charge in [-0.05, 0) is 63.1 Å². The van der Waals surface area contributed by atoms with E-state index in [2.05, 4.69) is 10.6 Å². The largest absolute Gasteiger partial charge is 0.452 e. The van der Waals surface area contributed by atoms with Gasteiger partial charge in [-0.25, -0.2) is 9.59 Å². The third-order valence-electron chi connectivity index (χ3n) is 5.95. The summed E-state index contributed by atoms with van der Waals surface area (Å²) >= 11 is 0. The highest BCUT2D eigenvalue weighted by Crippen LogP contribution is 2.35. The second-order valence-corrected chi connectivity index (χ2v) is 8.60. The zero-order chi connectivity index (χ0) is 21.5. The number of piperidine rings is 1. The molecular formula is C23H33N3O4. The van der Waals surface area contributed by atoms with Crippen molar-refractivity contribution in [2.24, 2.45) is 5.92 Å². The summed E-state index contributed by atoms with van der Waals surface area (Å²) in [6.45, 7) is 4.71. The normalized spacial score (nSPS) is 21.0. The molecule has 1 aliphatic carbocycles. The van der Waals surface area contributed by atoms with Crippen LogP contribution in [0, 0.1) is 5.92 Å². The van der Waals surface area contributed by atoms with E-state index in [1.165, 1.54) is 25.7 Å². The van der Waals surface area contributed by atoms with Crippen molar-refractivity contribution in [3.8, 4) is 0 Å². The van der Waals surface area contributed by atoms with Gasteiger partial charge in [0.15, 0.2) is 6.61 Å². The number of rotatable bonds is 6. The maximum Gasteiger partial charge on any atom is 0.338 e. The van der Waals surface area contributed by atoms with Crippen molar-refractivity contribution < 1.29 is 19.1 Å². The van der Waals surface area contributed by atoms with E-state index in [9.17, 15) is 14.4 Å². The van der Waals surface area contributed by atoms with E-state index >= 15 is 0 Å². The molecule has 3 rings (SSSR count). The number of nitrogens with zero attached hydrogens (tertiary/aromatic N) is 1. The fourth-order valence-corrected chi connectivity index (χ4v) is 4.48. The standard InChI is InChI=1S/C23H33N3O4/c1-16(2)25-23(29)24-14-17-9-11-19(12-10-17)22(28)30-15-21(27)26-13-5-7-18-6-3-4-8-20(18)26/h9-12,16,18,20H,3-8,13-15H2,1-2H3,(H2,24,25,29)/t18-,20-/m0/s1. The van der Waals surface area contributed by atoms with Crippen molar-refractivity contribution in [3.05, 3.63) is 35.4 Å². The molecule has 1 aliphatic heterocycles. The Labute approximate surface area is 178 Å². The molecule has 2 aliphatic rings. The average Bonchev–Trinajstić information content (AvgIpc) is 2.75. The lowest BCUT2D eigenvalue weighted by atomic mass is 9.78. The van der Waals surface area contributed by atoms with Crippen LogP contribution in [0.5, 0.6) is 0 Å². The van der Waals surface area contributed by atoms with Gasteiger partial charge in [0.1, 0.15) is 0 Å². The van der Waals surface area contributed by atoms with E-state index in [1.54, 1.807) is 24.3 Å². The average molecular weight is 416 g/mol. The Kier molecular flexibility index (Phi) is 7.71. The van der Waals surface area contributed by atoms with Gasteiger partial charge in [-0.15, -0.1) is 0 Å². The minimum absolute atomic E-state index is 0.0683. The summed E-state index contributed by atoms with van der Waals surface area (Å²) in [6, 6.07) is 7.00. The first-order valence-electron chi connectivity index (χ1n) is 11.0. The zero-order valence-corrected chi connectivity index (χ0v) is 18.0. The number of likely N-dealkylation sites (tertiary alicyclic amines) is 1. The number of urea groups is 1. The van der Waals surface area contributed by atoms with Gasteiger partial charge >= 0.3 is 12.0 Å². The Morgan fingerprint density at radius 3 is 2.50 bits per heavy atom. The molecule has 2 fully saturated rings. The van der Waals surface area contributed by atoms with E-state index in [0.29, 0.717) is 24.1 Å². The van der Waals surface area contributed by atoms with Crippen molar-refractivity contribution >= 4 is 17.9 Å². The Morgan fingerprint density at radius 2 is 1.77 bits per heavy atom. The van der Waals surface area contributed by atoms with E-state index in [4.69, 9.17) is 4.74 Å². The molecule has 0 radical (unpaired) electrons.